The van der Waals surface area contributed by atoms with E-state index in [1.54, 1.807) is 0 Å². The maximum atomic E-state index is 12.7. The Kier molecular flexibility index (Phi) is 5.21. The molecule has 2 aromatic carbocycles. The minimum atomic E-state index is 0.0177. The van der Waals surface area contributed by atoms with E-state index < -0.39 is 0 Å². The van der Waals surface area contributed by atoms with Crippen LogP contribution in [0.2, 0.25) is 0 Å². The van der Waals surface area contributed by atoms with Crippen LogP contribution in [0.3, 0.4) is 0 Å². The molecule has 2 amide bonds. The van der Waals surface area contributed by atoms with Gasteiger partial charge in [-0.15, -0.1) is 0 Å². The number of nitrogens with zero attached hydrogens (tertiary/aromatic N) is 2. The molecule has 5 heteroatoms. The first-order valence-corrected chi connectivity index (χ1v) is 9.67. The van der Waals surface area contributed by atoms with Crippen LogP contribution < -0.4 is 10.2 Å². The fourth-order valence-electron chi connectivity index (χ4n) is 3.99. The third kappa shape index (κ3) is 4.03. The molecule has 2 aliphatic rings. The molecule has 0 atom stereocenters. The van der Waals surface area contributed by atoms with Crippen LogP contribution in [0.1, 0.15) is 18.4 Å². The maximum absolute atomic E-state index is 12.7. The maximum Gasteiger partial charge on any atom is 0.241 e. The van der Waals surface area contributed by atoms with Crippen LogP contribution in [0.25, 0.3) is 0 Å². The Morgan fingerprint density at radius 3 is 2.41 bits per heavy atom. The standard InChI is InChI=1S/C22H25N3O2/c26-21(25-15-12-17-6-4-5-9-20(17)25)16-24-13-10-18(11-14-24)22(27)23-19-7-2-1-3-8-19/h1-9,18H,10-16H2,(H,23,27). The summed E-state index contributed by atoms with van der Waals surface area (Å²) in [7, 11) is 0. The molecule has 5 nitrogen and oxygen atoms in total. The molecule has 1 fully saturated rings. The molecule has 0 aromatic heterocycles. The van der Waals surface area contributed by atoms with Gasteiger partial charge in [-0.25, -0.2) is 0 Å². The number of nitrogens with one attached hydrogen (secondary N) is 1. The minimum Gasteiger partial charge on any atom is -0.326 e. The van der Waals surface area contributed by atoms with Gasteiger partial charge in [0, 0.05) is 23.8 Å². The Bertz CT molecular complexity index is 813. The van der Waals surface area contributed by atoms with Gasteiger partial charge in [-0.05, 0) is 56.1 Å². The zero-order valence-corrected chi connectivity index (χ0v) is 15.4. The lowest BCUT2D eigenvalue weighted by Crippen LogP contribution is -2.44. The normalized spacial score (nSPS) is 17.6. The van der Waals surface area contributed by atoms with Crippen molar-refractivity contribution in [3.8, 4) is 0 Å². The van der Waals surface area contributed by atoms with Gasteiger partial charge in [0.2, 0.25) is 11.8 Å². The summed E-state index contributed by atoms with van der Waals surface area (Å²) in [5.74, 6) is 0.261. The highest BCUT2D eigenvalue weighted by molar-refractivity contribution is 5.97. The number of carbonyl (C=O) groups is 2. The second-order valence-corrected chi connectivity index (χ2v) is 7.33. The van der Waals surface area contributed by atoms with Crippen LogP contribution in [-0.2, 0) is 16.0 Å². The number of anilines is 2. The predicted molar refractivity (Wildman–Crippen MR) is 107 cm³/mol. The highest BCUT2D eigenvalue weighted by atomic mass is 16.2. The molecule has 140 valence electrons. The van der Waals surface area contributed by atoms with E-state index in [1.165, 1.54) is 5.56 Å². The van der Waals surface area contributed by atoms with Crippen LogP contribution in [0.4, 0.5) is 11.4 Å². The molecule has 27 heavy (non-hydrogen) atoms. The zero-order chi connectivity index (χ0) is 18.6. The van der Waals surface area contributed by atoms with E-state index in [2.05, 4.69) is 16.3 Å². The van der Waals surface area contributed by atoms with Gasteiger partial charge in [-0.3, -0.25) is 14.5 Å². The highest BCUT2D eigenvalue weighted by Gasteiger charge is 2.29. The average Bonchev–Trinajstić information content (AvgIpc) is 3.13. The molecule has 0 bridgehead atoms. The van der Waals surface area contributed by atoms with Crippen LogP contribution in [-0.4, -0.2) is 42.9 Å². The van der Waals surface area contributed by atoms with Gasteiger partial charge in [-0.1, -0.05) is 36.4 Å². The van der Waals surface area contributed by atoms with Crippen molar-refractivity contribution in [2.75, 3.05) is 36.4 Å². The van der Waals surface area contributed by atoms with Crippen LogP contribution in [0, 0.1) is 5.92 Å². The van der Waals surface area contributed by atoms with Gasteiger partial charge in [0.1, 0.15) is 0 Å². The Morgan fingerprint density at radius 1 is 0.926 bits per heavy atom. The summed E-state index contributed by atoms with van der Waals surface area (Å²) in [4.78, 5) is 29.3. The number of fused-ring (bicyclic) bond motifs is 1. The third-order valence-corrected chi connectivity index (χ3v) is 5.55. The van der Waals surface area contributed by atoms with Crippen LogP contribution >= 0.6 is 0 Å². The lowest BCUT2D eigenvalue weighted by atomic mass is 9.95. The van der Waals surface area contributed by atoms with Gasteiger partial charge in [0.25, 0.3) is 0 Å². The van der Waals surface area contributed by atoms with Crippen molar-refractivity contribution in [3.05, 3.63) is 60.2 Å². The van der Waals surface area contributed by atoms with Crippen molar-refractivity contribution in [2.24, 2.45) is 5.92 Å². The number of para-hydroxylation sites is 2. The Labute approximate surface area is 160 Å². The smallest absolute Gasteiger partial charge is 0.241 e. The number of likely N-dealkylation sites (tertiary alicyclic amines) is 1. The Balaban J connectivity index is 1.27. The summed E-state index contributed by atoms with van der Waals surface area (Å²) in [6, 6.07) is 17.7. The van der Waals surface area contributed by atoms with Crippen LogP contribution in [0.15, 0.2) is 54.6 Å². The van der Waals surface area contributed by atoms with Crippen molar-refractivity contribution in [3.63, 3.8) is 0 Å². The third-order valence-electron chi connectivity index (χ3n) is 5.55. The van der Waals surface area contributed by atoms with E-state index in [9.17, 15) is 9.59 Å². The second-order valence-electron chi connectivity index (χ2n) is 7.33. The molecule has 2 aliphatic heterocycles. The van der Waals surface area contributed by atoms with Crippen molar-refractivity contribution in [2.45, 2.75) is 19.3 Å². The average molecular weight is 363 g/mol. The Morgan fingerprint density at radius 2 is 1.63 bits per heavy atom. The molecule has 0 aliphatic carbocycles. The number of hydrogen-bond donors (Lipinski definition) is 1. The molecule has 0 radical (unpaired) electrons. The van der Waals surface area contributed by atoms with Gasteiger partial charge >= 0.3 is 0 Å². The highest BCUT2D eigenvalue weighted by Crippen LogP contribution is 2.28. The SMILES string of the molecule is O=C(Nc1ccccc1)C1CCN(CC(=O)N2CCc3ccccc32)CC1. The molecule has 0 spiro atoms. The van der Waals surface area contributed by atoms with Crippen LogP contribution in [0.5, 0.6) is 0 Å². The topological polar surface area (TPSA) is 52.7 Å². The van der Waals surface area contributed by atoms with E-state index in [1.807, 2.05) is 53.4 Å². The van der Waals surface area contributed by atoms with Gasteiger partial charge in [0.05, 0.1) is 6.54 Å². The quantitative estimate of drug-likeness (QED) is 0.909. The molecule has 4 rings (SSSR count). The van der Waals surface area contributed by atoms with E-state index >= 15 is 0 Å². The van der Waals surface area contributed by atoms with Crippen molar-refractivity contribution < 1.29 is 9.59 Å². The van der Waals surface area contributed by atoms with E-state index in [0.29, 0.717) is 6.54 Å². The molecular weight excluding hydrogens is 338 g/mol. The first-order chi connectivity index (χ1) is 13.2. The molecule has 0 unspecified atom stereocenters. The monoisotopic (exact) mass is 363 g/mol. The summed E-state index contributed by atoms with van der Waals surface area (Å²) in [6.07, 6.45) is 2.52. The van der Waals surface area contributed by atoms with Crippen molar-refractivity contribution in [1.82, 2.24) is 4.90 Å². The summed E-state index contributed by atoms with van der Waals surface area (Å²) in [6.45, 7) is 2.78. The predicted octanol–water partition coefficient (Wildman–Crippen LogP) is 2.93. The number of rotatable bonds is 4. The lowest BCUT2D eigenvalue weighted by Gasteiger charge is -2.32. The molecule has 1 saturated heterocycles. The molecule has 2 heterocycles. The second kappa shape index (κ2) is 7.92. The number of piperidine rings is 1. The largest absolute Gasteiger partial charge is 0.326 e. The first-order valence-electron chi connectivity index (χ1n) is 9.67. The van der Waals surface area contributed by atoms with E-state index in [0.717, 1.165) is 50.3 Å². The van der Waals surface area contributed by atoms with Gasteiger partial charge < -0.3 is 10.2 Å². The van der Waals surface area contributed by atoms with E-state index in [-0.39, 0.29) is 17.7 Å². The molecule has 1 N–H and O–H groups in total. The summed E-state index contributed by atoms with van der Waals surface area (Å²) in [5, 5.41) is 2.99. The first kappa shape index (κ1) is 17.7. The number of benzene rings is 2. The number of amides is 2. The summed E-state index contributed by atoms with van der Waals surface area (Å²) >= 11 is 0. The Hall–Kier alpha value is -2.66. The molecule has 0 saturated carbocycles. The van der Waals surface area contributed by atoms with Gasteiger partial charge in [0.15, 0.2) is 0 Å². The van der Waals surface area contributed by atoms with Gasteiger partial charge in [-0.2, -0.15) is 0 Å². The summed E-state index contributed by atoms with van der Waals surface area (Å²) < 4.78 is 0. The molecular formula is C22H25N3O2. The zero-order valence-electron chi connectivity index (χ0n) is 15.4. The minimum absolute atomic E-state index is 0.0177. The summed E-state index contributed by atoms with van der Waals surface area (Å²) in [5.41, 5.74) is 3.15. The number of hydrogen-bond acceptors (Lipinski definition) is 3. The van der Waals surface area contributed by atoms with Crippen molar-refractivity contribution in [1.29, 1.82) is 0 Å². The lowest BCUT2D eigenvalue weighted by molar-refractivity contribution is -0.122. The number of carbonyl (C=O) groups excluding carboxylic acids is 2. The molecule has 2 aromatic rings. The fourth-order valence-corrected chi connectivity index (χ4v) is 3.99. The van der Waals surface area contributed by atoms with Crippen molar-refractivity contribution >= 4 is 23.2 Å². The fraction of sp³-hybridized carbons (Fsp3) is 0.364. The van der Waals surface area contributed by atoms with E-state index in [4.69, 9.17) is 0 Å².